The lowest BCUT2D eigenvalue weighted by Crippen LogP contribution is -2.67. The van der Waals surface area contributed by atoms with Gasteiger partial charge in [-0.1, -0.05) is 6.08 Å². The molecule has 2 aliphatic rings. The van der Waals surface area contributed by atoms with Gasteiger partial charge < -0.3 is 34.8 Å². The van der Waals surface area contributed by atoms with Crippen LogP contribution in [0.1, 0.15) is 33.3 Å². The van der Waals surface area contributed by atoms with E-state index in [1.165, 1.54) is 0 Å². The van der Waals surface area contributed by atoms with Crippen molar-refractivity contribution >= 4 is 11.3 Å². The van der Waals surface area contributed by atoms with Crippen molar-refractivity contribution in [3.05, 3.63) is 29.8 Å². The predicted octanol–water partition coefficient (Wildman–Crippen LogP) is 0.887. The molecule has 1 aromatic carbocycles. The Morgan fingerprint density at radius 3 is 2.48 bits per heavy atom. The third-order valence-electron chi connectivity index (χ3n) is 5.28. The van der Waals surface area contributed by atoms with Gasteiger partial charge in [-0.25, -0.2) is 0 Å². The molecule has 2 heterocycles. The van der Waals surface area contributed by atoms with Crippen LogP contribution < -0.4 is 9.64 Å². The molecule has 150 valence electrons. The number of ether oxygens (including phenoxy) is 2. The summed E-state index contributed by atoms with van der Waals surface area (Å²) in [4.78, 5) is 1.88. The second kappa shape index (κ2) is 7.41. The number of nitrogens with zero attached hydrogens (tertiary/aromatic N) is 1. The number of benzene rings is 1. The van der Waals surface area contributed by atoms with Crippen LogP contribution >= 0.6 is 0 Å². The van der Waals surface area contributed by atoms with Gasteiger partial charge in [-0.2, -0.15) is 0 Å². The molecule has 3 rings (SSSR count). The zero-order chi connectivity index (χ0) is 19.9. The number of anilines is 1. The van der Waals surface area contributed by atoms with Crippen LogP contribution in [-0.2, 0) is 4.74 Å². The van der Waals surface area contributed by atoms with Gasteiger partial charge in [0.1, 0.15) is 30.2 Å². The number of allylic oxidation sites excluding steroid dienone is 1. The van der Waals surface area contributed by atoms with Gasteiger partial charge in [0.2, 0.25) is 0 Å². The van der Waals surface area contributed by atoms with Crippen LogP contribution in [0.15, 0.2) is 24.3 Å². The van der Waals surface area contributed by atoms with Crippen molar-refractivity contribution in [2.45, 2.75) is 63.9 Å². The normalized spacial score (nSPS) is 32.7. The molecule has 0 aromatic heterocycles. The highest BCUT2D eigenvalue weighted by molar-refractivity contribution is 5.82. The molecule has 0 bridgehead atoms. The molecule has 7 heteroatoms. The molecule has 1 saturated heterocycles. The Labute approximate surface area is 159 Å². The second-order valence-electron chi connectivity index (χ2n) is 7.68. The van der Waals surface area contributed by atoms with Crippen molar-refractivity contribution in [1.29, 1.82) is 0 Å². The molecule has 2 aliphatic heterocycles. The van der Waals surface area contributed by atoms with Gasteiger partial charge >= 0.3 is 0 Å². The highest BCUT2D eigenvalue weighted by Crippen LogP contribution is 2.43. The van der Waals surface area contributed by atoms with Gasteiger partial charge in [-0.05, 0) is 51.5 Å². The number of aliphatic hydroxyl groups excluding tert-OH is 4. The van der Waals surface area contributed by atoms with Gasteiger partial charge in [0.25, 0.3) is 0 Å². The van der Waals surface area contributed by atoms with E-state index in [1.54, 1.807) is 0 Å². The summed E-state index contributed by atoms with van der Waals surface area (Å²) >= 11 is 0. The van der Waals surface area contributed by atoms with E-state index in [9.17, 15) is 20.4 Å². The molecule has 0 aliphatic carbocycles. The van der Waals surface area contributed by atoms with E-state index < -0.39 is 42.8 Å². The standard InChI is InChI=1S/C20H29NO6/c1-5-26-12-6-7-14-13(8-12)11(2)9-20(3,4)21(14)19-18(25)17(24)16(23)15(10-22)27-19/h6-9,15-19,22-25H,5,10H2,1-4H3/t15-,16+,17+,18-,19?/m1/s1. The second-order valence-corrected chi connectivity index (χ2v) is 7.68. The largest absolute Gasteiger partial charge is 0.494 e. The first kappa shape index (κ1) is 20.1. The van der Waals surface area contributed by atoms with Crippen molar-refractivity contribution in [1.82, 2.24) is 0 Å². The maximum absolute atomic E-state index is 10.6. The first-order chi connectivity index (χ1) is 12.7. The van der Waals surface area contributed by atoms with Crippen LogP contribution in [0.3, 0.4) is 0 Å². The molecule has 5 atom stereocenters. The smallest absolute Gasteiger partial charge is 0.160 e. The average Bonchev–Trinajstić information content (AvgIpc) is 2.61. The predicted molar refractivity (Wildman–Crippen MR) is 102 cm³/mol. The number of aliphatic hydroxyl groups is 4. The minimum absolute atomic E-state index is 0.458. The van der Waals surface area contributed by atoms with Crippen molar-refractivity contribution < 1.29 is 29.9 Å². The van der Waals surface area contributed by atoms with E-state index in [0.29, 0.717) is 6.61 Å². The Morgan fingerprint density at radius 1 is 1.15 bits per heavy atom. The van der Waals surface area contributed by atoms with Gasteiger partial charge in [0.05, 0.1) is 18.8 Å². The third kappa shape index (κ3) is 3.46. The van der Waals surface area contributed by atoms with Crippen LogP contribution in [0.5, 0.6) is 5.75 Å². The lowest BCUT2D eigenvalue weighted by atomic mass is 9.86. The quantitative estimate of drug-likeness (QED) is 0.616. The molecule has 4 N–H and O–H groups in total. The molecule has 1 unspecified atom stereocenters. The molecule has 0 saturated carbocycles. The lowest BCUT2D eigenvalue weighted by molar-refractivity contribution is -0.230. The van der Waals surface area contributed by atoms with Crippen molar-refractivity contribution in [3.8, 4) is 5.75 Å². The highest BCUT2D eigenvalue weighted by atomic mass is 16.6. The Balaban J connectivity index is 2.06. The molecule has 7 nitrogen and oxygen atoms in total. The fraction of sp³-hybridized carbons (Fsp3) is 0.600. The Kier molecular flexibility index (Phi) is 5.52. The van der Waals surface area contributed by atoms with Crippen LogP contribution in [0.2, 0.25) is 0 Å². The SMILES string of the molecule is CCOc1ccc2c(c1)C(C)=CC(C)(C)N2C1O[C@H](CO)[C@H](O)[C@H](O)[C@H]1O. The van der Waals surface area contributed by atoms with Crippen molar-refractivity contribution in [2.24, 2.45) is 0 Å². The van der Waals surface area contributed by atoms with E-state index in [4.69, 9.17) is 9.47 Å². The van der Waals surface area contributed by atoms with E-state index in [1.807, 2.05) is 50.8 Å². The van der Waals surface area contributed by atoms with E-state index >= 15 is 0 Å². The lowest BCUT2D eigenvalue weighted by Gasteiger charge is -2.52. The van der Waals surface area contributed by atoms with Gasteiger partial charge in [-0.15, -0.1) is 0 Å². The summed E-state index contributed by atoms with van der Waals surface area (Å²) in [6.07, 6.45) is -3.97. The fourth-order valence-electron chi connectivity index (χ4n) is 4.05. The highest BCUT2D eigenvalue weighted by Gasteiger charge is 2.49. The summed E-state index contributed by atoms with van der Waals surface area (Å²) in [5, 5.41) is 40.5. The van der Waals surface area contributed by atoms with Crippen LogP contribution in [0, 0.1) is 0 Å². The minimum Gasteiger partial charge on any atom is -0.494 e. The maximum atomic E-state index is 10.6. The zero-order valence-corrected chi connectivity index (χ0v) is 16.2. The van der Waals surface area contributed by atoms with E-state index in [2.05, 4.69) is 6.08 Å². The van der Waals surface area contributed by atoms with Crippen molar-refractivity contribution in [3.63, 3.8) is 0 Å². The number of fused-ring (bicyclic) bond motifs is 1. The fourth-order valence-corrected chi connectivity index (χ4v) is 4.05. The Morgan fingerprint density at radius 2 is 1.85 bits per heavy atom. The first-order valence-electron chi connectivity index (χ1n) is 9.27. The van der Waals surface area contributed by atoms with Gasteiger partial charge in [0.15, 0.2) is 6.23 Å². The van der Waals surface area contributed by atoms with Crippen LogP contribution in [-0.4, -0.2) is 69.8 Å². The third-order valence-corrected chi connectivity index (χ3v) is 5.28. The molecular formula is C20H29NO6. The average molecular weight is 379 g/mol. The minimum atomic E-state index is -1.42. The summed E-state index contributed by atoms with van der Waals surface area (Å²) in [6.45, 7) is 8.01. The van der Waals surface area contributed by atoms with Crippen molar-refractivity contribution in [2.75, 3.05) is 18.1 Å². The summed E-state index contributed by atoms with van der Waals surface area (Å²) in [7, 11) is 0. The first-order valence-corrected chi connectivity index (χ1v) is 9.27. The zero-order valence-electron chi connectivity index (χ0n) is 16.2. The van der Waals surface area contributed by atoms with Crippen LogP contribution in [0.4, 0.5) is 5.69 Å². The Bertz CT molecular complexity index is 716. The molecular weight excluding hydrogens is 350 g/mol. The maximum Gasteiger partial charge on any atom is 0.160 e. The summed E-state index contributed by atoms with van der Waals surface area (Å²) in [6, 6.07) is 5.70. The topological polar surface area (TPSA) is 103 Å². The number of rotatable bonds is 4. The van der Waals surface area contributed by atoms with Gasteiger partial charge in [-0.3, -0.25) is 0 Å². The summed E-state index contributed by atoms with van der Waals surface area (Å²) in [5.41, 5.74) is 2.31. The monoisotopic (exact) mass is 379 g/mol. The number of hydrogen-bond acceptors (Lipinski definition) is 7. The Hall–Kier alpha value is -1.64. The number of hydrogen-bond donors (Lipinski definition) is 4. The molecule has 1 fully saturated rings. The molecule has 1 aromatic rings. The molecule has 0 radical (unpaired) electrons. The summed E-state index contributed by atoms with van der Waals surface area (Å²) in [5.74, 6) is 0.748. The molecule has 27 heavy (non-hydrogen) atoms. The molecule has 0 amide bonds. The van der Waals surface area contributed by atoms with Gasteiger partial charge in [0, 0.05) is 11.3 Å². The van der Waals surface area contributed by atoms with Crippen LogP contribution in [0.25, 0.3) is 5.57 Å². The van der Waals surface area contributed by atoms with E-state index in [0.717, 1.165) is 22.6 Å². The van der Waals surface area contributed by atoms with E-state index in [-0.39, 0.29) is 0 Å². The summed E-state index contributed by atoms with van der Waals surface area (Å²) < 4.78 is 11.4. The molecule has 0 spiro atoms.